The molecule has 2 aliphatic heterocycles. The smallest absolute Gasteiger partial charge is 0.224 e. The van der Waals surface area contributed by atoms with Crippen LogP contribution in [0, 0.1) is 5.92 Å². The molecule has 0 spiro atoms. The van der Waals surface area contributed by atoms with Gasteiger partial charge in [0.1, 0.15) is 0 Å². The van der Waals surface area contributed by atoms with Gasteiger partial charge in [-0.1, -0.05) is 19.8 Å². The van der Waals surface area contributed by atoms with E-state index in [2.05, 4.69) is 12.2 Å². The van der Waals surface area contributed by atoms with E-state index in [-0.39, 0.29) is 6.04 Å². The molecular formula is C14H26N2O2. The van der Waals surface area contributed by atoms with Crippen LogP contribution in [-0.4, -0.2) is 49.7 Å². The van der Waals surface area contributed by atoms with Crippen molar-refractivity contribution in [3.8, 4) is 0 Å². The highest BCUT2D eigenvalue weighted by Gasteiger charge is 2.25. The van der Waals surface area contributed by atoms with Crippen LogP contribution in [0.1, 0.15) is 39.0 Å². The number of piperidine rings is 1. The molecule has 0 aromatic heterocycles. The van der Waals surface area contributed by atoms with Crippen LogP contribution in [0.15, 0.2) is 0 Å². The quantitative estimate of drug-likeness (QED) is 0.824. The molecule has 2 saturated heterocycles. The van der Waals surface area contributed by atoms with Crippen LogP contribution in [0.4, 0.5) is 0 Å². The molecule has 0 aromatic carbocycles. The molecule has 1 amide bonds. The molecule has 1 unspecified atom stereocenters. The molecule has 4 heteroatoms. The number of carbonyl (C=O) groups excluding carboxylic acids is 1. The van der Waals surface area contributed by atoms with Gasteiger partial charge in [0.2, 0.25) is 5.91 Å². The molecule has 4 nitrogen and oxygen atoms in total. The minimum Gasteiger partial charge on any atom is -0.378 e. The van der Waals surface area contributed by atoms with Gasteiger partial charge in [0, 0.05) is 32.1 Å². The van der Waals surface area contributed by atoms with Crippen LogP contribution in [0.25, 0.3) is 0 Å². The van der Waals surface area contributed by atoms with Crippen molar-refractivity contribution in [1.82, 2.24) is 10.2 Å². The first kappa shape index (κ1) is 13.8. The fourth-order valence-electron chi connectivity index (χ4n) is 2.97. The molecule has 1 atom stereocenters. The molecule has 1 N–H and O–H groups in total. The van der Waals surface area contributed by atoms with Gasteiger partial charge in [-0.3, -0.25) is 4.79 Å². The first-order chi connectivity index (χ1) is 8.79. The minimum atomic E-state index is 0.222. The lowest BCUT2D eigenvalue weighted by molar-refractivity contribution is -0.133. The van der Waals surface area contributed by atoms with Crippen molar-refractivity contribution in [2.24, 2.45) is 5.92 Å². The van der Waals surface area contributed by atoms with Crippen LogP contribution >= 0.6 is 0 Å². The number of nitrogens with zero attached hydrogens (tertiary/aromatic N) is 1. The number of rotatable bonds is 4. The van der Waals surface area contributed by atoms with Crippen molar-refractivity contribution < 1.29 is 9.53 Å². The average molecular weight is 254 g/mol. The summed E-state index contributed by atoms with van der Waals surface area (Å²) in [5.74, 6) is 1.14. The summed E-state index contributed by atoms with van der Waals surface area (Å²) >= 11 is 0. The number of likely N-dealkylation sites (tertiary alicyclic amines) is 1. The molecule has 0 aromatic rings. The topological polar surface area (TPSA) is 41.6 Å². The standard InChI is InChI=1S/C14H26N2O2/c1-2-3-12-4-7-16(8-5-12)14(17)10-13-11-18-9-6-15-13/h12-13,15H,2-11H2,1H3. The van der Waals surface area contributed by atoms with Crippen molar-refractivity contribution in [2.75, 3.05) is 32.8 Å². The molecule has 0 saturated carbocycles. The molecule has 2 fully saturated rings. The Morgan fingerprint density at radius 3 is 2.78 bits per heavy atom. The predicted octanol–water partition coefficient (Wildman–Crippen LogP) is 1.40. The summed E-state index contributed by atoms with van der Waals surface area (Å²) in [5.41, 5.74) is 0. The highest BCUT2D eigenvalue weighted by atomic mass is 16.5. The zero-order chi connectivity index (χ0) is 12.8. The maximum atomic E-state index is 12.2. The summed E-state index contributed by atoms with van der Waals surface area (Å²) in [7, 11) is 0. The lowest BCUT2D eigenvalue weighted by Crippen LogP contribution is -2.46. The van der Waals surface area contributed by atoms with Crippen molar-refractivity contribution in [1.29, 1.82) is 0 Å². The Hall–Kier alpha value is -0.610. The van der Waals surface area contributed by atoms with Gasteiger partial charge in [0.25, 0.3) is 0 Å². The van der Waals surface area contributed by atoms with Gasteiger partial charge < -0.3 is 15.0 Å². The van der Waals surface area contributed by atoms with Crippen molar-refractivity contribution >= 4 is 5.91 Å². The highest BCUT2D eigenvalue weighted by Crippen LogP contribution is 2.22. The van der Waals surface area contributed by atoms with Gasteiger partial charge in [-0.25, -0.2) is 0 Å². The largest absolute Gasteiger partial charge is 0.378 e. The van der Waals surface area contributed by atoms with Crippen LogP contribution < -0.4 is 5.32 Å². The lowest BCUT2D eigenvalue weighted by Gasteiger charge is -2.33. The van der Waals surface area contributed by atoms with E-state index in [1.165, 1.54) is 25.7 Å². The maximum absolute atomic E-state index is 12.2. The summed E-state index contributed by atoms with van der Waals surface area (Å²) in [4.78, 5) is 14.2. The summed E-state index contributed by atoms with van der Waals surface area (Å²) in [5, 5.41) is 3.35. The molecule has 104 valence electrons. The third kappa shape index (κ3) is 3.95. The zero-order valence-corrected chi connectivity index (χ0v) is 11.5. The van der Waals surface area contributed by atoms with Gasteiger partial charge in [-0.05, 0) is 18.8 Å². The Morgan fingerprint density at radius 1 is 1.39 bits per heavy atom. The first-order valence-corrected chi connectivity index (χ1v) is 7.38. The third-order valence-electron chi connectivity index (χ3n) is 4.08. The number of ether oxygens (including phenoxy) is 1. The van der Waals surface area contributed by atoms with E-state index in [9.17, 15) is 4.79 Å². The summed E-state index contributed by atoms with van der Waals surface area (Å²) in [6.07, 6.45) is 5.56. The van der Waals surface area contributed by atoms with Crippen LogP contribution in [0.3, 0.4) is 0 Å². The van der Waals surface area contributed by atoms with Crippen molar-refractivity contribution in [2.45, 2.75) is 45.1 Å². The van der Waals surface area contributed by atoms with Crippen LogP contribution in [-0.2, 0) is 9.53 Å². The third-order valence-corrected chi connectivity index (χ3v) is 4.08. The molecule has 2 aliphatic rings. The number of hydrogen-bond acceptors (Lipinski definition) is 3. The SMILES string of the molecule is CCCC1CCN(C(=O)CC2COCCN2)CC1. The molecule has 0 radical (unpaired) electrons. The number of nitrogens with one attached hydrogen (secondary N) is 1. The first-order valence-electron chi connectivity index (χ1n) is 7.38. The van der Waals surface area contributed by atoms with E-state index in [1.807, 2.05) is 4.90 Å². The zero-order valence-electron chi connectivity index (χ0n) is 11.5. The second-order valence-corrected chi connectivity index (χ2v) is 5.54. The Morgan fingerprint density at radius 2 is 2.17 bits per heavy atom. The number of amides is 1. The van der Waals surface area contributed by atoms with Gasteiger partial charge in [0.15, 0.2) is 0 Å². The summed E-state index contributed by atoms with van der Waals surface area (Å²) in [6, 6.07) is 0.222. The van der Waals surface area contributed by atoms with E-state index >= 15 is 0 Å². The second-order valence-electron chi connectivity index (χ2n) is 5.54. The minimum absolute atomic E-state index is 0.222. The van der Waals surface area contributed by atoms with Gasteiger partial charge in [0.05, 0.1) is 13.2 Å². The predicted molar refractivity (Wildman–Crippen MR) is 71.4 cm³/mol. The highest BCUT2D eigenvalue weighted by molar-refractivity contribution is 5.77. The fraction of sp³-hybridized carbons (Fsp3) is 0.929. The molecule has 18 heavy (non-hydrogen) atoms. The Labute approximate surface area is 110 Å². The second kappa shape index (κ2) is 7.10. The molecular weight excluding hydrogens is 228 g/mol. The van der Waals surface area contributed by atoms with Crippen molar-refractivity contribution in [3.05, 3.63) is 0 Å². The monoisotopic (exact) mass is 254 g/mol. The number of hydrogen-bond donors (Lipinski definition) is 1. The normalized spacial score (nSPS) is 26.3. The van der Waals surface area contributed by atoms with Gasteiger partial charge in [-0.2, -0.15) is 0 Å². The van der Waals surface area contributed by atoms with Gasteiger partial charge in [-0.15, -0.1) is 0 Å². The van der Waals surface area contributed by atoms with E-state index < -0.39 is 0 Å². The average Bonchev–Trinajstić information content (AvgIpc) is 2.41. The molecule has 2 heterocycles. The van der Waals surface area contributed by atoms with E-state index in [4.69, 9.17) is 4.74 Å². The molecule has 2 rings (SSSR count). The summed E-state index contributed by atoms with van der Waals surface area (Å²) in [6.45, 7) is 6.47. The molecule has 0 bridgehead atoms. The van der Waals surface area contributed by atoms with Crippen molar-refractivity contribution in [3.63, 3.8) is 0 Å². The number of morpholine rings is 1. The number of carbonyl (C=O) groups is 1. The van der Waals surface area contributed by atoms with Crippen LogP contribution in [0.2, 0.25) is 0 Å². The van der Waals surface area contributed by atoms with Crippen LogP contribution in [0.5, 0.6) is 0 Å². The van der Waals surface area contributed by atoms with Gasteiger partial charge >= 0.3 is 0 Å². The Kier molecular flexibility index (Phi) is 5.45. The summed E-state index contributed by atoms with van der Waals surface area (Å²) < 4.78 is 5.39. The van der Waals surface area contributed by atoms with E-state index in [0.717, 1.165) is 32.2 Å². The van der Waals surface area contributed by atoms with E-state index in [0.29, 0.717) is 18.9 Å². The Balaban J connectivity index is 1.70. The molecule has 0 aliphatic carbocycles. The maximum Gasteiger partial charge on any atom is 0.224 e. The lowest BCUT2D eigenvalue weighted by atomic mass is 9.92. The van der Waals surface area contributed by atoms with E-state index in [1.54, 1.807) is 0 Å². The Bertz CT molecular complexity index is 257. The fourth-order valence-corrected chi connectivity index (χ4v) is 2.97.